The zero-order chi connectivity index (χ0) is 12.3. The Hall–Kier alpha value is -0.540. The highest BCUT2D eigenvalue weighted by atomic mass is 79.9. The first-order valence-corrected chi connectivity index (χ1v) is 7.23. The molecule has 2 nitrogen and oxygen atoms in total. The normalized spacial score (nSPS) is 17.5. The van der Waals surface area contributed by atoms with Crippen LogP contribution in [0.2, 0.25) is 0 Å². The molecule has 94 valence electrons. The third-order valence-corrected chi connectivity index (χ3v) is 4.07. The zero-order valence-electron chi connectivity index (χ0n) is 10.5. The summed E-state index contributed by atoms with van der Waals surface area (Å²) in [6.07, 6.45) is 3.57. The second-order valence-corrected chi connectivity index (χ2v) is 5.90. The summed E-state index contributed by atoms with van der Waals surface area (Å²) in [7, 11) is 0. The molecule has 1 aliphatic rings. The fourth-order valence-corrected chi connectivity index (χ4v) is 2.88. The van der Waals surface area contributed by atoms with Crippen molar-refractivity contribution < 1.29 is 0 Å². The van der Waals surface area contributed by atoms with Gasteiger partial charge in [-0.25, -0.2) is 0 Å². The molecule has 1 saturated heterocycles. The minimum absolute atomic E-state index is 0.716. The Kier molecular flexibility index (Phi) is 4.46. The van der Waals surface area contributed by atoms with Crippen LogP contribution < -0.4 is 10.6 Å². The van der Waals surface area contributed by atoms with E-state index in [2.05, 4.69) is 46.0 Å². The predicted molar refractivity (Wildman–Crippen MR) is 77.5 cm³/mol. The Bertz CT molecular complexity index is 370. The van der Waals surface area contributed by atoms with E-state index in [0.29, 0.717) is 6.54 Å². The van der Waals surface area contributed by atoms with Gasteiger partial charge in [-0.1, -0.05) is 22.9 Å². The number of hydrogen-bond acceptors (Lipinski definition) is 2. The van der Waals surface area contributed by atoms with Gasteiger partial charge in [0, 0.05) is 23.2 Å². The van der Waals surface area contributed by atoms with Crippen LogP contribution in [0, 0.1) is 5.92 Å². The minimum atomic E-state index is 0.716. The molecular weight excluding hydrogens is 276 g/mol. The number of piperidine rings is 1. The third kappa shape index (κ3) is 3.23. The lowest BCUT2D eigenvalue weighted by atomic mass is 9.97. The topological polar surface area (TPSA) is 29.3 Å². The molecule has 0 unspecified atom stereocenters. The van der Waals surface area contributed by atoms with E-state index in [0.717, 1.165) is 16.8 Å². The second-order valence-electron chi connectivity index (χ2n) is 4.98. The number of benzene rings is 1. The maximum absolute atomic E-state index is 5.70. The van der Waals surface area contributed by atoms with Crippen LogP contribution in [0.5, 0.6) is 0 Å². The summed E-state index contributed by atoms with van der Waals surface area (Å²) in [6, 6.07) is 6.57. The van der Waals surface area contributed by atoms with E-state index in [1.54, 1.807) is 0 Å². The van der Waals surface area contributed by atoms with Crippen molar-refractivity contribution in [3.05, 3.63) is 28.2 Å². The first-order chi connectivity index (χ1) is 8.20. The van der Waals surface area contributed by atoms with Gasteiger partial charge in [0.15, 0.2) is 0 Å². The Balaban J connectivity index is 2.18. The molecule has 3 heteroatoms. The standard InChI is InChI=1S/C14H21BrN2/c1-11-5-8-17(9-6-11)14-3-2-13(15)10-12(14)4-7-16/h2-3,10-11H,4-9,16H2,1H3. The van der Waals surface area contributed by atoms with E-state index in [-0.39, 0.29) is 0 Å². The summed E-state index contributed by atoms with van der Waals surface area (Å²) in [5.41, 5.74) is 8.45. The van der Waals surface area contributed by atoms with Gasteiger partial charge in [0.2, 0.25) is 0 Å². The van der Waals surface area contributed by atoms with Crippen molar-refractivity contribution in [2.24, 2.45) is 11.7 Å². The molecule has 2 rings (SSSR count). The Morgan fingerprint density at radius 1 is 1.35 bits per heavy atom. The molecule has 2 N–H and O–H groups in total. The average molecular weight is 297 g/mol. The molecule has 1 aliphatic heterocycles. The van der Waals surface area contributed by atoms with Gasteiger partial charge in [0.05, 0.1) is 0 Å². The Morgan fingerprint density at radius 2 is 2.06 bits per heavy atom. The lowest BCUT2D eigenvalue weighted by Crippen LogP contribution is -2.33. The van der Waals surface area contributed by atoms with E-state index in [1.165, 1.54) is 37.2 Å². The SMILES string of the molecule is CC1CCN(c2ccc(Br)cc2CCN)CC1. The number of anilines is 1. The molecule has 1 aromatic rings. The number of rotatable bonds is 3. The first-order valence-electron chi connectivity index (χ1n) is 6.44. The van der Waals surface area contributed by atoms with Crippen LogP contribution in [0.3, 0.4) is 0 Å². The van der Waals surface area contributed by atoms with Crippen molar-refractivity contribution in [2.45, 2.75) is 26.2 Å². The summed E-state index contributed by atoms with van der Waals surface area (Å²) >= 11 is 3.54. The smallest absolute Gasteiger partial charge is 0.0400 e. The maximum Gasteiger partial charge on any atom is 0.0400 e. The van der Waals surface area contributed by atoms with Crippen molar-refractivity contribution in [3.8, 4) is 0 Å². The van der Waals surface area contributed by atoms with Gasteiger partial charge in [-0.05, 0) is 55.5 Å². The monoisotopic (exact) mass is 296 g/mol. The molecule has 1 aromatic carbocycles. The number of nitrogens with zero attached hydrogens (tertiary/aromatic N) is 1. The van der Waals surface area contributed by atoms with Crippen LogP contribution in [-0.2, 0) is 6.42 Å². The number of nitrogens with two attached hydrogens (primary N) is 1. The highest BCUT2D eigenvalue weighted by molar-refractivity contribution is 9.10. The molecule has 1 heterocycles. The second kappa shape index (κ2) is 5.87. The van der Waals surface area contributed by atoms with E-state index in [1.807, 2.05) is 0 Å². The Morgan fingerprint density at radius 3 is 2.71 bits per heavy atom. The average Bonchev–Trinajstić information content (AvgIpc) is 2.31. The molecular formula is C14H21BrN2. The van der Waals surface area contributed by atoms with Crippen molar-refractivity contribution in [3.63, 3.8) is 0 Å². The number of hydrogen-bond donors (Lipinski definition) is 1. The lowest BCUT2D eigenvalue weighted by Gasteiger charge is -2.33. The van der Waals surface area contributed by atoms with Gasteiger partial charge in [-0.3, -0.25) is 0 Å². The van der Waals surface area contributed by atoms with Gasteiger partial charge in [-0.15, -0.1) is 0 Å². The van der Waals surface area contributed by atoms with Crippen LogP contribution >= 0.6 is 15.9 Å². The van der Waals surface area contributed by atoms with Gasteiger partial charge in [0.1, 0.15) is 0 Å². The summed E-state index contributed by atoms with van der Waals surface area (Å²) in [4.78, 5) is 2.51. The number of halogens is 1. The lowest BCUT2D eigenvalue weighted by molar-refractivity contribution is 0.438. The molecule has 1 fully saturated rings. The summed E-state index contributed by atoms with van der Waals surface area (Å²) in [5.74, 6) is 0.875. The van der Waals surface area contributed by atoms with Crippen molar-refractivity contribution in [2.75, 3.05) is 24.5 Å². The largest absolute Gasteiger partial charge is 0.371 e. The molecule has 0 atom stereocenters. The van der Waals surface area contributed by atoms with Crippen LogP contribution in [0.1, 0.15) is 25.3 Å². The van der Waals surface area contributed by atoms with Gasteiger partial charge >= 0.3 is 0 Å². The Labute approximate surface area is 112 Å². The molecule has 0 aromatic heterocycles. The highest BCUT2D eigenvalue weighted by Gasteiger charge is 2.18. The molecule has 0 aliphatic carbocycles. The van der Waals surface area contributed by atoms with Gasteiger partial charge < -0.3 is 10.6 Å². The highest BCUT2D eigenvalue weighted by Crippen LogP contribution is 2.28. The first kappa shape index (κ1) is 12.9. The quantitative estimate of drug-likeness (QED) is 0.928. The zero-order valence-corrected chi connectivity index (χ0v) is 12.0. The van der Waals surface area contributed by atoms with Gasteiger partial charge in [0.25, 0.3) is 0 Å². The molecule has 0 bridgehead atoms. The van der Waals surface area contributed by atoms with E-state index in [4.69, 9.17) is 5.73 Å². The minimum Gasteiger partial charge on any atom is -0.371 e. The van der Waals surface area contributed by atoms with E-state index >= 15 is 0 Å². The fraction of sp³-hybridized carbons (Fsp3) is 0.571. The van der Waals surface area contributed by atoms with Crippen molar-refractivity contribution in [1.29, 1.82) is 0 Å². The van der Waals surface area contributed by atoms with Crippen LogP contribution in [0.25, 0.3) is 0 Å². The van der Waals surface area contributed by atoms with Crippen LogP contribution in [0.4, 0.5) is 5.69 Å². The van der Waals surface area contributed by atoms with Crippen molar-refractivity contribution >= 4 is 21.6 Å². The summed E-state index contributed by atoms with van der Waals surface area (Å²) < 4.78 is 1.15. The molecule has 0 amide bonds. The van der Waals surface area contributed by atoms with Crippen LogP contribution in [-0.4, -0.2) is 19.6 Å². The van der Waals surface area contributed by atoms with Crippen LogP contribution in [0.15, 0.2) is 22.7 Å². The fourth-order valence-electron chi connectivity index (χ4n) is 2.47. The van der Waals surface area contributed by atoms with Crippen molar-refractivity contribution in [1.82, 2.24) is 0 Å². The van der Waals surface area contributed by atoms with E-state index in [9.17, 15) is 0 Å². The molecule has 0 saturated carbocycles. The van der Waals surface area contributed by atoms with Gasteiger partial charge in [-0.2, -0.15) is 0 Å². The molecule has 0 radical (unpaired) electrons. The van der Waals surface area contributed by atoms with E-state index < -0.39 is 0 Å². The molecule has 0 spiro atoms. The maximum atomic E-state index is 5.70. The summed E-state index contributed by atoms with van der Waals surface area (Å²) in [6.45, 7) is 5.42. The summed E-state index contributed by atoms with van der Waals surface area (Å²) in [5, 5.41) is 0. The third-order valence-electron chi connectivity index (χ3n) is 3.58. The predicted octanol–water partition coefficient (Wildman–Crippen LogP) is 3.19. The molecule has 17 heavy (non-hydrogen) atoms.